The molecule has 4 heteroatoms. The van der Waals surface area contributed by atoms with Crippen LogP contribution >= 0.6 is 0 Å². The van der Waals surface area contributed by atoms with Crippen LogP contribution in [0.4, 0.5) is 4.39 Å². The van der Waals surface area contributed by atoms with Crippen molar-refractivity contribution in [3.05, 3.63) is 60.1 Å². The molecule has 3 nitrogen and oxygen atoms in total. The first-order chi connectivity index (χ1) is 11.7. The Kier molecular flexibility index (Phi) is 4.05. The second kappa shape index (κ2) is 6.34. The van der Waals surface area contributed by atoms with Gasteiger partial charge in [0.25, 0.3) is 0 Å². The van der Waals surface area contributed by atoms with Crippen LogP contribution in [0.3, 0.4) is 0 Å². The van der Waals surface area contributed by atoms with Gasteiger partial charge >= 0.3 is 0 Å². The van der Waals surface area contributed by atoms with Gasteiger partial charge in [-0.05, 0) is 67.3 Å². The summed E-state index contributed by atoms with van der Waals surface area (Å²) in [6.45, 7) is 2.26. The number of imidazole rings is 1. The number of nitrogens with zero attached hydrogens (tertiary/aromatic N) is 2. The lowest BCUT2D eigenvalue weighted by atomic mass is 9.73. The summed E-state index contributed by atoms with van der Waals surface area (Å²) < 4.78 is 13.7. The van der Waals surface area contributed by atoms with E-state index in [9.17, 15) is 4.39 Å². The Balaban J connectivity index is 1.53. The van der Waals surface area contributed by atoms with Crippen LogP contribution in [0.25, 0.3) is 10.9 Å². The van der Waals surface area contributed by atoms with E-state index in [2.05, 4.69) is 27.9 Å². The number of H-pyrrole nitrogens is 1. The number of aromatic nitrogens is 3. The molecule has 24 heavy (non-hydrogen) atoms. The van der Waals surface area contributed by atoms with Crippen molar-refractivity contribution < 1.29 is 4.39 Å². The van der Waals surface area contributed by atoms with Crippen molar-refractivity contribution in [3.63, 3.8) is 0 Å². The van der Waals surface area contributed by atoms with Crippen molar-refractivity contribution in [1.29, 1.82) is 0 Å². The highest BCUT2D eigenvalue weighted by molar-refractivity contribution is 5.82. The Morgan fingerprint density at radius 2 is 1.92 bits per heavy atom. The fraction of sp³-hybridized carbons (Fsp3) is 0.400. The van der Waals surface area contributed by atoms with Crippen LogP contribution in [-0.2, 0) is 0 Å². The third-order valence-electron chi connectivity index (χ3n) is 5.61. The van der Waals surface area contributed by atoms with Gasteiger partial charge in [0, 0.05) is 29.9 Å². The molecule has 1 aromatic carbocycles. The fourth-order valence-corrected chi connectivity index (χ4v) is 4.18. The van der Waals surface area contributed by atoms with E-state index < -0.39 is 0 Å². The van der Waals surface area contributed by atoms with Gasteiger partial charge in [0.1, 0.15) is 11.6 Å². The number of rotatable bonds is 3. The molecule has 1 aliphatic rings. The van der Waals surface area contributed by atoms with E-state index in [1.165, 1.54) is 24.5 Å². The maximum absolute atomic E-state index is 13.7. The van der Waals surface area contributed by atoms with Crippen molar-refractivity contribution in [2.75, 3.05) is 0 Å². The highest BCUT2D eigenvalue weighted by atomic mass is 19.1. The van der Waals surface area contributed by atoms with Gasteiger partial charge in [-0.3, -0.25) is 4.98 Å². The molecule has 0 spiro atoms. The van der Waals surface area contributed by atoms with Gasteiger partial charge in [0.2, 0.25) is 0 Å². The van der Waals surface area contributed by atoms with Gasteiger partial charge < -0.3 is 4.98 Å². The third kappa shape index (κ3) is 2.81. The quantitative estimate of drug-likeness (QED) is 0.722. The molecular formula is C20H22FN3. The fourth-order valence-electron chi connectivity index (χ4n) is 4.18. The Hall–Kier alpha value is -2.23. The Bertz CT molecular complexity index is 820. The van der Waals surface area contributed by atoms with Crippen LogP contribution in [0.2, 0.25) is 0 Å². The second-order valence-electron chi connectivity index (χ2n) is 6.94. The molecule has 0 aliphatic heterocycles. The molecule has 2 aromatic heterocycles. The molecule has 1 saturated carbocycles. The molecule has 0 amide bonds. The van der Waals surface area contributed by atoms with E-state index >= 15 is 0 Å². The van der Waals surface area contributed by atoms with Crippen LogP contribution in [0.15, 0.2) is 42.9 Å². The lowest BCUT2D eigenvalue weighted by Gasteiger charge is -2.32. The monoisotopic (exact) mass is 323 g/mol. The molecule has 1 fully saturated rings. The number of pyridine rings is 1. The first-order valence-electron chi connectivity index (χ1n) is 8.76. The Morgan fingerprint density at radius 1 is 1.08 bits per heavy atom. The third-order valence-corrected chi connectivity index (χ3v) is 5.61. The Labute approximate surface area is 141 Å². The van der Waals surface area contributed by atoms with Crippen molar-refractivity contribution in [2.45, 2.75) is 44.4 Å². The smallest absolute Gasteiger partial charge is 0.123 e. The van der Waals surface area contributed by atoms with Gasteiger partial charge in [-0.2, -0.15) is 0 Å². The number of hydrogen-bond acceptors (Lipinski definition) is 2. The largest absolute Gasteiger partial charge is 0.348 e. The van der Waals surface area contributed by atoms with E-state index in [0.29, 0.717) is 17.8 Å². The molecule has 2 heterocycles. The number of hydrogen-bond donors (Lipinski definition) is 1. The summed E-state index contributed by atoms with van der Waals surface area (Å²) in [5.74, 6) is 2.54. The second-order valence-corrected chi connectivity index (χ2v) is 6.94. The number of nitrogens with one attached hydrogen (secondary N) is 1. The summed E-state index contributed by atoms with van der Waals surface area (Å²) in [5, 5.41) is 0.972. The molecule has 3 aromatic rings. The SMILES string of the molecule is C[C@@H](c1ncc[nH]1)C1CCC(c2ccnc3ccc(F)cc23)CC1. The zero-order chi connectivity index (χ0) is 16.5. The molecule has 0 unspecified atom stereocenters. The topological polar surface area (TPSA) is 41.6 Å². The van der Waals surface area contributed by atoms with E-state index in [0.717, 1.165) is 29.6 Å². The predicted molar refractivity (Wildman–Crippen MR) is 93.4 cm³/mol. The molecule has 0 bridgehead atoms. The van der Waals surface area contributed by atoms with Crippen LogP contribution in [0, 0.1) is 11.7 Å². The zero-order valence-electron chi connectivity index (χ0n) is 13.9. The van der Waals surface area contributed by atoms with Crippen molar-refractivity contribution in [1.82, 2.24) is 15.0 Å². The maximum atomic E-state index is 13.7. The summed E-state index contributed by atoms with van der Waals surface area (Å²) in [6.07, 6.45) is 10.2. The number of aromatic amines is 1. The molecule has 124 valence electrons. The molecule has 0 saturated heterocycles. The molecule has 1 atom stereocenters. The summed E-state index contributed by atoms with van der Waals surface area (Å²) in [5.41, 5.74) is 2.14. The van der Waals surface area contributed by atoms with Gasteiger partial charge in [-0.15, -0.1) is 0 Å². The molecule has 1 N–H and O–H groups in total. The van der Waals surface area contributed by atoms with Gasteiger partial charge in [-0.25, -0.2) is 9.37 Å². The van der Waals surface area contributed by atoms with Crippen LogP contribution in [-0.4, -0.2) is 15.0 Å². The molecule has 1 aliphatic carbocycles. The molecule has 4 rings (SSSR count). The normalized spacial score (nSPS) is 22.6. The van der Waals surface area contributed by atoms with E-state index in [1.54, 1.807) is 12.1 Å². The maximum Gasteiger partial charge on any atom is 0.123 e. The van der Waals surface area contributed by atoms with Gasteiger partial charge in [0.05, 0.1) is 5.52 Å². The summed E-state index contributed by atoms with van der Waals surface area (Å²) in [7, 11) is 0. The minimum atomic E-state index is -0.183. The Morgan fingerprint density at radius 3 is 2.67 bits per heavy atom. The highest BCUT2D eigenvalue weighted by Crippen LogP contribution is 2.42. The number of benzene rings is 1. The van der Waals surface area contributed by atoms with E-state index in [-0.39, 0.29) is 5.82 Å². The summed E-state index contributed by atoms with van der Waals surface area (Å²) >= 11 is 0. The average Bonchev–Trinajstić information content (AvgIpc) is 3.15. The van der Waals surface area contributed by atoms with Gasteiger partial charge in [-0.1, -0.05) is 6.92 Å². The van der Waals surface area contributed by atoms with Crippen LogP contribution in [0.1, 0.15) is 55.8 Å². The molecule has 0 radical (unpaired) electrons. The van der Waals surface area contributed by atoms with Crippen molar-refractivity contribution in [3.8, 4) is 0 Å². The minimum absolute atomic E-state index is 0.183. The van der Waals surface area contributed by atoms with Gasteiger partial charge in [0.15, 0.2) is 0 Å². The summed E-state index contributed by atoms with van der Waals surface area (Å²) in [4.78, 5) is 12.0. The first kappa shape index (κ1) is 15.3. The lowest BCUT2D eigenvalue weighted by Crippen LogP contribution is -2.19. The molecular weight excluding hydrogens is 301 g/mol. The lowest BCUT2D eigenvalue weighted by molar-refractivity contribution is 0.286. The highest BCUT2D eigenvalue weighted by Gasteiger charge is 2.28. The van der Waals surface area contributed by atoms with E-state index in [1.807, 2.05) is 18.6 Å². The number of halogens is 1. The standard InChI is InChI=1S/C20H22FN3/c1-13(20-23-10-11-24-20)14-2-4-15(5-3-14)17-8-9-22-19-7-6-16(21)12-18(17)19/h6-15H,2-5H2,1H3,(H,23,24)/t13-,14?,15?/m1/s1. The average molecular weight is 323 g/mol. The first-order valence-corrected chi connectivity index (χ1v) is 8.76. The minimum Gasteiger partial charge on any atom is -0.348 e. The van der Waals surface area contributed by atoms with E-state index in [4.69, 9.17) is 0 Å². The summed E-state index contributed by atoms with van der Waals surface area (Å²) in [6, 6.07) is 6.97. The van der Waals surface area contributed by atoms with Crippen molar-refractivity contribution in [2.24, 2.45) is 5.92 Å². The van der Waals surface area contributed by atoms with Crippen LogP contribution < -0.4 is 0 Å². The van der Waals surface area contributed by atoms with Crippen LogP contribution in [0.5, 0.6) is 0 Å². The van der Waals surface area contributed by atoms with Crippen molar-refractivity contribution >= 4 is 10.9 Å². The number of fused-ring (bicyclic) bond motifs is 1. The zero-order valence-corrected chi connectivity index (χ0v) is 13.9. The predicted octanol–water partition coefficient (Wildman–Crippen LogP) is 5.17.